The lowest BCUT2D eigenvalue weighted by Crippen LogP contribution is -2.14. The fraction of sp³-hybridized carbons (Fsp3) is 0.100. The number of hydrogen-bond donors (Lipinski definition) is 0. The van der Waals surface area contributed by atoms with Gasteiger partial charge in [-0.3, -0.25) is 0 Å². The minimum atomic E-state index is -0.140. The molecular formula is C20H15BrO2. The van der Waals surface area contributed by atoms with Crippen LogP contribution in [0.4, 0.5) is 0 Å². The highest BCUT2D eigenvalue weighted by atomic mass is 79.9. The van der Waals surface area contributed by atoms with Crippen LogP contribution >= 0.6 is 15.9 Å². The summed E-state index contributed by atoms with van der Waals surface area (Å²) in [4.78, 5) is 0. The summed E-state index contributed by atoms with van der Waals surface area (Å²) >= 11 is 3.57. The maximum Gasteiger partial charge on any atom is 0.190 e. The number of ether oxygens (including phenoxy) is 2. The highest BCUT2D eigenvalue weighted by molar-refractivity contribution is 9.09. The SMILES string of the molecule is BrC1OCOc2c1ccc(-c1ccccc1)c2-c1ccccc1. The minimum absolute atomic E-state index is 0.140. The van der Waals surface area contributed by atoms with Crippen LogP contribution in [0.15, 0.2) is 72.8 Å². The van der Waals surface area contributed by atoms with E-state index in [1.807, 2.05) is 12.1 Å². The molecule has 0 saturated carbocycles. The van der Waals surface area contributed by atoms with Gasteiger partial charge in [-0.15, -0.1) is 0 Å². The Hall–Kier alpha value is -2.10. The fourth-order valence-corrected chi connectivity index (χ4v) is 3.39. The maximum absolute atomic E-state index is 5.89. The zero-order valence-corrected chi connectivity index (χ0v) is 14.0. The molecule has 0 bridgehead atoms. The van der Waals surface area contributed by atoms with E-state index in [2.05, 4.69) is 76.6 Å². The van der Waals surface area contributed by atoms with Crippen molar-refractivity contribution in [3.8, 4) is 28.0 Å². The molecule has 0 aromatic heterocycles. The Bertz CT molecular complexity index is 816. The second-order valence-corrected chi connectivity index (χ2v) is 6.22. The Balaban J connectivity index is 2.00. The van der Waals surface area contributed by atoms with E-state index in [0.717, 1.165) is 28.0 Å². The summed E-state index contributed by atoms with van der Waals surface area (Å²) in [5, 5.41) is -0.140. The molecule has 2 nitrogen and oxygen atoms in total. The van der Waals surface area contributed by atoms with Crippen molar-refractivity contribution in [3.05, 3.63) is 78.4 Å². The van der Waals surface area contributed by atoms with Crippen LogP contribution < -0.4 is 4.74 Å². The van der Waals surface area contributed by atoms with Crippen molar-refractivity contribution in [2.45, 2.75) is 5.01 Å². The van der Waals surface area contributed by atoms with Gasteiger partial charge in [0.1, 0.15) is 10.8 Å². The van der Waals surface area contributed by atoms with Gasteiger partial charge in [0.2, 0.25) is 0 Å². The molecule has 0 spiro atoms. The zero-order chi connectivity index (χ0) is 15.6. The molecule has 4 rings (SSSR count). The van der Waals surface area contributed by atoms with Gasteiger partial charge in [-0.1, -0.05) is 88.7 Å². The van der Waals surface area contributed by atoms with Gasteiger partial charge < -0.3 is 9.47 Å². The first-order valence-electron chi connectivity index (χ1n) is 7.51. The predicted molar refractivity (Wildman–Crippen MR) is 95.6 cm³/mol. The van der Waals surface area contributed by atoms with Gasteiger partial charge >= 0.3 is 0 Å². The van der Waals surface area contributed by atoms with Crippen molar-refractivity contribution < 1.29 is 9.47 Å². The quantitative estimate of drug-likeness (QED) is 0.535. The van der Waals surface area contributed by atoms with E-state index in [4.69, 9.17) is 9.47 Å². The summed E-state index contributed by atoms with van der Waals surface area (Å²) in [7, 11) is 0. The van der Waals surface area contributed by atoms with E-state index in [1.165, 1.54) is 5.56 Å². The van der Waals surface area contributed by atoms with Crippen molar-refractivity contribution in [2.24, 2.45) is 0 Å². The molecule has 1 aliphatic rings. The molecule has 0 aliphatic carbocycles. The number of hydrogen-bond acceptors (Lipinski definition) is 2. The highest BCUT2D eigenvalue weighted by Gasteiger charge is 2.25. The third-order valence-corrected chi connectivity index (χ3v) is 4.76. The standard InChI is InChI=1S/C20H15BrO2/c21-20-17-12-11-16(14-7-3-1-4-8-14)18(19(17)22-13-23-20)15-9-5-2-6-10-15/h1-12,20H,13H2. The largest absolute Gasteiger partial charge is 0.466 e. The van der Waals surface area contributed by atoms with Gasteiger partial charge in [-0.2, -0.15) is 0 Å². The first-order chi connectivity index (χ1) is 11.3. The molecule has 0 saturated heterocycles. The summed E-state index contributed by atoms with van der Waals surface area (Å²) in [5.74, 6) is 0.894. The molecule has 0 N–H and O–H groups in total. The molecule has 114 valence electrons. The fourth-order valence-electron chi connectivity index (χ4n) is 2.93. The molecule has 1 heterocycles. The van der Waals surface area contributed by atoms with E-state index < -0.39 is 0 Å². The van der Waals surface area contributed by atoms with E-state index in [1.54, 1.807) is 0 Å². The van der Waals surface area contributed by atoms with Crippen LogP contribution in [0.1, 0.15) is 10.6 Å². The van der Waals surface area contributed by atoms with Crippen molar-refractivity contribution in [3.63, 3.8) is 0 Å². The normalized spacial score (nSPS) is 16.5. The lowest BCUT2D eigenvalue weighted by molar-refractivity contribution is -0.0176. The Labute approximate surface area is 143 Å². The number of fused-ring (bicyclic) bond motifs is 1. The van der Waals surface area contributed by atoms with Crippen LogP contribution in [0, 0.1) is 0 Å². The Morgan fingerprint density at radius 3 is 2.13 bits per heavy atom. The number of alkyl halides is 1. The van der Waals surface area contributed by atoms with Gasteiger partial charge in [0, 0.05) is 11.1 Å². The van der Waals surface area contributed by atoms with Gasteiger partial charge in [0.05, 0.1) is 0 Å². The van der Waals surface area contributed by atoms with Gasteiger partial charge in [0.15, 0.2) is 6.79 Å². The van der Waals surface area contributed by atoms with Crippen molar-refractivity contribution in [1.29, 1.82) is 0 Å². The third kappa shape index (κ3) is 2.67. The molecule has 1 atom stereocenters. The third-order valence-electron chi connectivity index (χ3n) is 4.00. The monoisotopic (exact) mass is 366 g/mol. The molecule has 3 aromatic carbocycles. The van der Waals surface area contributed by atoms with Crippen LogP contribution in [0.5, 0.6) is 5.75 Å². The summed E-state index contributed by atoms with van der Waals surface area (Å²) in [5.41, 5.74) is 5.62. The predicted octanol–water partition coefficient (Wildman–Crippen LogP) is 5.78. The van der Waals surface area contributed by atoms with Crippen LogP contribution in [-0.4, -0.2) is 6.79 Å². The Kier molecular flexibility index (Phi) is 3.90. The smallest absolute Gasteiger partial charge is 0.190 e. The van der Waals surface area contributed by atoms with E-state index >= 15 is 0 Å². The van der Waals surface area contributed by atoms with Crippen LogP contribution in [0.25, 0.3) is 22.3 Å². The van der Waals surface area contributed by atoms with Crippen LogP contribution in [0.3, 0.4) is 0 Å². The van der Waals surface area contributed by atoms with Gasteiger partial charge in [-0.05, 0) is 16.7 Å². The van der Waals surface area contributed by atoms with Crippen molar-refractivity contribution in [1.82, 2.24) is 0 Å². The average molecular weight is 367 g/mol. The molecule has 0 fully saturated rings. The first-order valence-corrected chi connectivity index (χ1v) is 8.42. The van der Waals surface area contributed by atoms with E-state index in [0.29, 0.717) is 0 Å². The van der Waals surface area contributed by atoms with Crippen LogP contribution in [0.2, 0.25) is 0 Å². The van der Waals surface area contributed by atoms with E-state index in [9.17, 15) is 0 Å². The number of rotatable bonds is 2. The van der Waals surface area contributed by atoms with E-state index in [-0.39, 0.29) is 11.8 Å². The summed E-state index contributed by atoms with van der Waals surface area (Å²) in [6.07, 6.45) is 0. The summed E-state index contributed by atoms with van der Waals surface area (Å²) in [6, 6.07) is 25.0. The maximum atomic E-state index is 5.89. The van der Waals surface area contributed by atoms with Gasteiger partial charge in [-0.25, -0.2) is 0 Å². The zero-order valence-electron chi connectivity index (χ0n) is 12.4. The molecule has 23 heavy (non-hydrogen) atoms. The number of halogens is 1. The summed E-state index contributed by atoms with van der Waals surface area (Å²) in [6.45, 7) is 0.251. The van der Waals surface area contributed by atoms with Crippen molar-refractivity contribution >= 4 is 15.9 Å². The minimum Gasteiger partial charge on any atom is -0.466 e. The molecular weight excluding hydrogens is 352 g/mol. The summed E-state index contributed by atoms with van der Waals surface area (Å²) < 4.78 is 11.4. The molecule has 1 aliphatic heterocycles. The second-order valence-electron chi connectivity index (χ2n) is 5.38. The average Bonchev–Trinajstić information content (AvgIpc) is 2.62. The topological polar surface area (TPSA) is 18.5 Å². The highest BCUT2D eigenvalue weighted by Crippen LogP contribution is 2.46. The lowest BCUT2D eigenvalue weighted by Gasteiger charge is -2.26. The Morgan fingerprint density at radius 1 is 0.783 bits per heavy atom. The lowest BCUT2D eigenvalue weighted by atomic mass is 9.91. The molecule has 3 aromatic rings. The molecule has 0 radical (unpaired) electrons. The van der Waals surface area contributed by atoms with Crippen LogP contribution in [-0.2, 0) is 4.74 Å². The Morgan fingerprint density at radius 2 is 1.43 bits per heavy atom. The first kappa shape index (κ1) is 14.5. The molecule has 3 heteroatoms. The van der Waals surface area contributed by atoms with Gasteiger partial charge in [0.25, 0.3) is 0 Å². The molecule has 1 unspecified atom stereocenters. The van der Waals surface area contributed by atoms with Crippen molar-refractivity contribution in [2.75, 3.05) is 6.79 Å². The molecule has 0 amide bonds. The second kappa shape index (κ2) is 6.19. The number of benzene rings is 3.